The smallest absolute Gasteiger partial charge is 0.335 e. The van der Waals surface area contributed by atoms with Crippen molar-refractivity contribution in [2.24, 2.45) is 0 Å². The van der Waals surface area contributed by atoms with Gasteiger partial charge < -0.3 is 18.8 Å². The van der Waals surface area contributed by atoms with Crippen molar-refractivity contribution in [1.29, 1.82) is 0 Å². The van der Waals surface area contributed by atoms with Gasteiger partial charge in [0.15, 0.2) is 5.58 Å². The van der Waals surface area contributed by atoms with Crippen molar-refractivity contribution in [1.82, 2.24) is 4.98 Å². The zero-order valence-corrected chi connectivity index (χ0v) is 11.7. The number of rotatable bonds is 4. The minimum atomic E-state index is -0.991. The highest BCUT2D eigenvalue weighted by Gasteiger charge is 2.14. The van der Waals surface area contributed by atoms with Gasteiger partial charge in [0.1, 0.15) is 17.0 Å². The van der Waals surface area contributed by atoms with E-state index >= 15 is 0 Å². The fourth-order valence-electron chi connectivity index (χ4n) is 2.08. The Balaban J connectivity index is 1.87. The van der Waals surface area contributed by atoms with Crippen LogP contribution in [0.15, 0.2) is 39.2 Å². The molecule has 6 heteroatoms. The number of benzene rings is 1. The molecule has 2 heterocycles. The molecule has 0 saturated carbocycles. The SMILES string of the molecule is Cc1ccc(CN(C)c2nc3ccc(C(=O)O)cc3o2)o1. The van der Waals surface area contributed by atoms with E-state index in [2.05, 4.69) is 4.98 Å². The van der Waals surface area contributed by atoms with E-state index < -0.39 is 5.97 Å². The average Bonchev–Trinajstić information content (AvgIpc) is 3.03. The first-order valence-corrected chi connectivity index (χ1v) is 6.43. The van der Waals surface area contributed by atoms with Crippen molar-refractivity contribution in [3.63, 3.8) is 0 Å². The lowest BCUT2D eigenvalue weighted by atomic mass is 10.2. The topological polar surface area (TPSA) is 79.7 Å². The van der Waals surface area contributed by atoms with Crippen molar-refractivity contribution in [3.05, 3.63) is 47.4 Å². The van der Waals surface area contributed by atoms with Crippen molar-refractivity contribution in [2.45, 2.75) is 13.5 Å². The minimum absolute atomic E-state index is 0.175. The van der Waals surface area contributed by atoms with Gasteiger partial charge in [0.25, 0.3) is 6.01 Å². The predicted octanol–water partition coefficient (Wildman–Crippen LogP) is 3.06. The van der Waals surface area contributed by atoms with Gasteiger partial charge in [0.05, 0.1) is 12.1 Å². The third kappa shape index (κ3) is 2.60. The number of hydrogen-bond acceptors (Lipinski definition) is 5. The first-order chi connectivity index (χ1) is 10.0. The number of fused-ring (bicyclic) bond motifs is 1. The Bertz CT molecular complexity index is 803. The van der Waals surface area contributed by atoms with Gasteiger partial charge in [-0.1, -0.05) is 0 Å². The molecule has 0 amide bonds. The van der Waals surface area contributed by atoms with E-state index in [1.54, 1.807) is 11.0 Å². The summed E-state index contributed by atoms with van der Waals surface area (Å²) in [6.07, 6.45) is 0. The summed E-state index contributed by atoms with van der Waals surface area (Å²) in [5.74, 6) is 0.666. The molecule has 0 aliphatic rings. The summed E-state index contributed by atoms with van der Waals surface area (Å²) in [4.78, 5) is 17.1. The maximum absolute atomic E-state index is 10.9. The van der Waals surface area contributed by atoms with E-state index in [4.69, 9.17) is 13.9 Å². The van der Waals surface area contributed by atoms with Gasteiger partial charge in [-0.15, -0.1) is 0 Å². The third-order valence-electron chi connectivity index (χ3n) is 3.14. The molecule has 1 aromatic carbocycles. The Hall–Kier alpha value is -2.76. The monoisotopic (exact) mass is 286 g/mol. The number of oxazole rings is 1. The van der Waals surface area contributed by atoms with Crippen LogP contribution in [-0.2, 0) is 6.54 Å². The van der Waals surface area contributed by atoms with Crippen molar-refractivity contribution in [2.75, 3.05) is 11.9 Å². The molecule has 0 saturated heterocycles. The van der Waals surface area contributed by atoms with E-state index in [-0.39, 0.29) is 5.56 Å². The Morgan fingerprint density at radius 3 is 2.76 bits per heavy atom. The number of aromatic carboxylic acids is 1. The fourth-order valence-corrected chi connectivity index (χ4v) is 2.08. The summed E-state index contributed by atoms with van der Waals surface area (Å²) in [6.45, 7) is 2.41. The highest BCUT2D eigenvalue weighted by Crippen LogP contribution is 2.23. The molecule has 0 spiro atoms. The number of aryl methyl sites for hydroxylation is 1. The van der Waals surface area contributed by atoms with E-state index in [1.807, 2.05) is 26.1 Å². The standard InChI is InChI=1S/C15H14N2O4/c1-9-3-5-11(20-9)8-17(2)15-16-12-6-4-10(14(18)19)7-13(12)21-15/h3-7H,8H2,1-2H3,(H,18,19). The largest absolute Gasteiger partial charge is 0.478 e. The van der Waals surface area contributed by atoms with Gasteiger partial charge in [-0.25, -0.2) is 4.79 Å². The number of aromatic nitrogens is 1. The molecule has 3 rings (SSSR count). The zero-order chi connectivity index (χ0) is 15.0. The molecule has 3 aromatic rings. The summed E-state index contributed by atoms with van der Waals surface area (Å²) >= 11 is 0. The minimum Gasteiger partial charge on any atom is -0.478 e. The van der Waals surface area contributed by atoms with E-state index in [1.165, 1.54) is 12.1 Å². The third-order valence-corrected chi connectivity index (χ3v) is 3.14. The summed E-state index contributed by atoms with van der Waals surface area (Å²) in [5.41, 5.74) is 1.25. The van der Waals surface area contributed by atoms with Gasteiger partial charge in [-0.2, -0.15) is 4.98 Å². The van der Waals surface area contributed by atoms with Crippen LogP contribution in [0.5, 0.6) is 0 Å². The predicted molar refractivity (Wildman–Crippen MR) is 76.5 cm³/mol. The molecule has 0 atom stereocenters. The van der Waals surface area contributed by atoms with E-state index in [0.29, 0.717) is 23.7 Å². The first kappa shape index (κ1) is 13.2. The maximum Gasteiger partial charge on any atom is 0.335 e. The highest BCUT2D eigenvalue weighted by molar-refractivity contribution is 5.92. The van der Waals surface area contributed by atoms with Crippen LogP contribution in [0, 0.1) is 6.92 Å². The normalized spacial score (nSPS) is 11.0. The number of anilines is 1. The number of carbonyl (C=O) groups is 1. The van der Waals surface area contributed by atoms with E-state index in [0.717, 1.165) is 11.5 Å². The molecule has 0 bridgehead atoms. The van der Waals surface area contributed by atoms with Crippen molar-refractivity contribution >= 4 is 23.1 Å². The van der Waals surface area contributed by atoms with Crippen LogP contribution in [0.2, 0.25) is 0 Å². The second-order valence-electron chi connectivity index (χ2n) is 4.85. The summed E-state index contributed by atoms with van der Waals surface area (Å²) in [7, 11) is 1.83. The molecular formula is C15H14N2O4. The van der Waals surface area contributed by atoms with Crippen LogP contribution < -0.4 is 4.90 Å². The van der Waals surface area contributed by atoms with Crippen LogP contribution in [0.1, 0.15) is 21.9 Å². The molecule has 0 unspecified atom stereocenters. The molecule has 2 aromatic heterocycles. The highest BCUT2D eigenvalue weighted by atomic mass is 16.4. The molecule has 1 N–H and O–H groups in total. The maximum atomic E-state index is 10.9. The molecular weight excluding hydrogens is 272 g/mol. The molecule has 0 fully saturated rings. The Morgan fingerprint density at radius 1 is 1.29 bits per heavy atom. The lowest BCUT2D eigenvalue weighted by molar-refractivity contribution is 0.0697. The van der Waals surface area contributed by atoms with Crippen LogP contribution in [0.25, 0.3) is 11.1 Å². The lowest BCUT2D eigenvalue weighted by Crippen LogP contribution is -2.16. The Kier molecular flexibility index (Phi) is 3.13. The molecule has 108 valence electrons. The second-order valence-corrected chi connectivity index (χ2v) is 4.85. The molecule has 0 aliphatic carbocycles. The Morgan fingerprint density at radius 2 is 2.10 bits per heavy atom. The summed E-state index contributed by atoms with van der Waals surface area (Å²) in [6, 6.07) is 8.83. The summed E-state index contributed by atoms with van der Waals surface area (Å²) in [5, 5.41) is 8.97. The van der Waals surface area contributed by atoms with Crippen molar-refractivity contribution < 1.29 is 18.7 Å². The number of hydrogen-bond donors (Lipinski definition) is 1. The van der Waals surface area contributed by atoms with Gasteiger partial charge in [-0.3, -0.25) is 0 Å². The Labute approximate surface area is 120 Å². The second kappa shape index (κ2) is 4.97. The molecule has 6 nitrogen and oxygen atoms in total. The quantitative estimate of drug-likeness (QED) is 0.794. The van der Waals surface area contributed by atoms with Crippen LogP contribution in [-0.4, -0.2) is 23.1 Å². The number of furan rings is 1. The zero-order valence-electron chi connectivity index (χ0n) is 11.7. The van der Waals surface area contributed by atoms with Gasteiger partial charge in [0, 0.05) is 7.05 Å². The number of nitrogens with zero attached hydrogens (tertiary/aromatic N) is 2. The summed E-state index contributed by atoms with van der Waals surface area (Å²) < 4.78 is 11.1. The molecule has 21 heavy (non-hydrogen) atoms. The first-order valence-electron chi connectivity index (χ1n) is 6.43. The van der Waals surface area contributed by atoms with E-state index in [9.17, 15) is 4.79 Å². The number of carboxylic acid groups (broad SMARTS) is 1. The van der Waals surface area contributed by atoms with Gasteiger partial charge in [0.2, 0.25) is 0 Å². The van der Waals surface area contributed by atoms with Crippen LogP contribution in [0.4, 0.5) is 6.01 Å². The fraction of sp³-hybridized carbons (Fsp3) is 0.200. The van der Waals surface area contributed by atoms with Crippen molar-refractivity contribution in [3.8, 4) is 0 Å². The van der Waals surface area contributed by atoms with Crippen LogP contribution >= 0.6 is 0 Å². The molecule has 0 aliphatic heterocycles. The molecule has 0 radical (unpaired) electrons. The lowest BCUT2D eigenvalue weighted by Gasteiger charge is -2.11. The number of carboxylic acids is 1. The van der Waals surface area contributed by atoms with Gasteiger partial charge >= 0.3 is 5.97 Å². The average molecular weight is 286 g/mol. The van der Waals surface area contributed by atoms with Crippen LogP contribution in [0.3, 0.4) is 0 Å². The van der Waals surface area contributed by atoms with Gasteiger partial charge in [-0.05, 0) is 37.3 Å².